The highest BCUT2D eigenvalue weighted by atomic mass is 19.1. The van der Waals surface area contributed by atoms with E-state index < -0.39 is 41.8 Å². The van der Waals surface area contributed by atoms with Crippen molar-refractivity contribution >= 4 is 23.8 Å². The fraction of sp³-hybridized carbons (Fsp3) is 0.512. The van der Waals surface area contributed by atoms with E-state index in [1.165, 1.54) is 17.1 Å². The number of halogens is 3. The molecule has 4 heterocycles. The van der Waals surface area contributed by atoms with Crippen LogP contribution in [0.2, 0.25) is 0 Å². The van der Waals surface area contributed by atoms with Gasteiger partial charge in [-0.1, -0.05) is 30.3 Å². The summed E-state index contributed by atoms with van der Waals surface area (Å²) in [5, 5.41) is 9.17. The van der Waals surface area contributed by atoms with Gasteiger partial charge in [0.25, 0.3) is 11.8 Å². The number of nitrogens with one attached hydrogen (secondary N) is 3. The third-order valence-electron chi connectivity index (χ3n) is 12.0. The molecule has 0 bridgehead atoms. The van der Waals surface area contributed by atoms with E-state index in [1.807, 2.05) is 34.9 Å². The van der Waals surface area contributed by atoms with Crippen molar-refractivity contribution in [1.82, 2.24) is 35.3 Å². The first-order chi connectivity index (χ1) is 28.0. The molecule has 7 rings (SSSR count). The Morgan fingerprint density at radius 2 is 1.71 bits per heavy atom. The number of rotatable bonds is 14. The van der Waals surface area contributed by atoms with Crippen LogP contribution in [-0.4, -0.2) is 101 Å². The minimum absolute atomic E-state index is 0.00875. The molecule has 12 nitrogen and oxygen atoms in total. The van der Waals surface area contributed by atoms with E-state index in [0.29, 0.717) is 77.2 Å². The van der Waals surface area contributed by atoms with Crippen molar-refractivity contribution in [3.8, 4) is 11.3 Å². The maximum absolute atomic E-state index is 15.4. The Balaban J connectivity index is 1.11. The zero-order valence-corrected chi connectivity index (χ0v) is 32.8. The van der Waals surface area contributed by atoms with Crippen molar-refractivity contribution in [2.24, 2.45) is 23.7 Å². The summed E-state index contributed by atoms with van der Waals surface area (Å²) in [6, 6.07) is 11.2. The number of carbonyl (C=O) groups excluding carboxylic acids is 4. The van der Waals surface area contributed by atoms with Gasteiger partial charge >= 0.3 is 6.03 Å². The topological polar surface area (TPSA) is 138 Å². The highest BCUT2D eigenvalue weighted by molar-refractivity contribution is 6.12. The van der Waals surface area contributed by atoms with Crippen LogP contribution in [0.3, 0.4) is 0 Å². The van der Waals surface area contributed by atoms with Crippen molar-refractivity contribution in [2.75, 3.05) is 45.9 Å². The lowest BCUT2D eigenvalue weighted by molar-refractivity contribution is -0.138. The molecule has 5 amide bonds. The highest BCUT2D eigenvalue weighted by Gasteiger charge is 2.41. The largest absolute Gasteiger partial charge is 0.381 e. The zero-order chi connectivity index (χ0) is 40.8. The molecule has 3 N–H and O–H groups in total. The first kappa shape index (κ1) is 41.2. The molecule has 1 aromatic heterocycles. The normalized spacial score (nSPS) is 23.6. The predicted molar refractivity (Wildman–Crippen MR) is 210 cm³/mol. The number of amides is 5. The molecule has 58 heavy (non-hydrogen) atoms. The number of carbonyl (C=O) groups is 4. The van der Waals surface area contributed by atoms with Gasteiger partial charge in [0, 0.05) is 94.3 Å². The Hall–Kier alpha value is -5.02. The minimum atomic E-state index is -1.19. The number of benzene rings is 2. The third-order valence-corrected chi connectivity index (χ3v) is 12.0. The molecule has 1 aliphatic carbocycles. The fourth-order valence-corrected chi connectivity index (χ4v) is 8.71. The molecular weight excluding hydrogens is 752 g/mol. The summed E-state index contributed by atoms with van der Waals surface area (Å²) in [7, 11) is 0. The number of imide groups is 1. The summed E-state index contributed by atoms with van der Waals surface area (Å²) in [6.07, 6.45) is 6.91. The lowest BCUT2D eigenvalue weighted by Gasteiger charge is -2.40. The van der Waals surface area contributed by atoms with Gasteiger partial charge in [-0.05, 0) is 81.0 Å². The Morgan fingerprint density at radius 1 is 0.983 bits per heavy atom. The van der Waals surface area contributed by atoms with Gasteiger partial charge in [0.1, 0.15) is 23.6 Å². The third kappa shape index (κ3) is 9.80. The maximum atomic E-state index is 15.4. The summed E-state index contributed by atoms with van der Waals surface area (Å²) >= 11 is 0. The van der Waals surface area contributed by atoms with Crippen molar-refractivity contribution in [1.29, 1.82) is 0 Å². The maximum Gasteiger partial charge on any atom is 0.318 e. The molecule has 310 valence electrons. The molecule has 4 aliphatic rings. The van der Waals surface area contributed by atoms with Crippen molar-refractivity contribution in [3.63, 3.8) is 0 Å². The highest BCUT2D eigenvalue weighted by Crippen LogP contribution is 2.38. The quantitative estimate of drug-likeness (QED) is 0.192. The van der Waals surface area contributed by atoms with Crippen LogP contribution in [-0.2, 0) is 25.7 Å². The number of hydrogen-bond donors (Lipinski definition) is 3. The standard InChI is InChI=1S/C43H52F3N7O5/c1-27(20-48-42(56)31-9-7-29(8-10-31)24-52-38(54)13-14-39(52)55)49-43(57)53(25-32-21-47-22-36(32)46)40(30-15-17-58-18-16-30)41-50-37(34-19-33(44)11-12-35(34)45)26-51(41)23-28-5-3-2-4-6-28/h2-6,11-14,19,26-27,29-32,36,40,47H,7-10,15-18,20-25H2,1H3,(H,48,56)(H,49,57). The van der Waals surface area contributed by atoms with E-state index in [1.54, 1.807) is 18.0 Å². The van der Waals surface area contributed by atoms with E-state index in [-0.39, 0.29) is 66.4 Å². The molecule has 0 radical (unpaired) electrons. The summed E-state index contributed by atoms with van der Waals surface area (Å²) in [5.74, 6) is -2.26. The number of hydrogen-bond acceptors (Lipinski definition) is 7. The molecule has 4 unspecified atom stereocenters. The second-order valence-corrected chi connectivity index (χ2v) is 16.1. The first-order valence-electron chi connectivity index (χ1n) is 20.4. The van der Waals surface area contributed by atoms with E-state index >= 15 is 8.78 Å². The fourth-order valence-electron chi connectivity index (χ4n) is 8.71. The van der Waals surface area contributed by atoms with Gasteiger partial charge in [-0.2, -0.15) is 0 Å². The van der Waals surface area contributed by atoms with Crippen LogP contribution in [0.15, 0.2) is 66.9 Å². The Labute approximate surface area is 336 Å². The predicted octanol–water partition coefficient (Wildman–Crippen LogP) is 5.15. The second kappa shape index (κ2) is 18.7. The van der Waals surface area contributed by atoms with Crippen molar-refractivity contribution in [3.05, 3.63) is 89.9 Å². The Kier molecular flexibility index (Phi) is 13.3. The molecule has 3 aromatic rings. The lowest BCUT2D eigenvalue weighted by atomic mass is 9.81. The van der Waals surface area contributed by atoms with Crippen LogP contribution in [0.1, 0.15) is 62.9 Å². The van der Waals surface area contributed by atoms with Gasteiger partial charge < -0.3 is 30.2 Å². The van der Waals surface area contributed by atoms with Crippen LogP contribution in [0.4, 0.5) is 18.0 Å². The number of alkyl halides is 1. The van der Waals surface area contributed by atoms with E-state index in [2.05, 4.69) is 16.0 Å². The average molecular weight is 804 g/mol. The van der Waals surface area contributed by atoms with E-state index in [9.17, 15) is 23.6 Å². The number of aromatic nitrogens is 2. The van der Waals surface area contributed by atoms with Crippen LogP contribution in [0.25, 0.3) is 11.3 Å². The summed E-state index contributed by atoms with van der Waals surface area (Å²) < 4.78 is 52.8. The smallest absolute Gasteiger partial charge is 0.318 e. The molecule has 1 saturated carbocycles. The van der Waals surface area contributed by atoms with Crippen LogP contribution >= 0.6 is 0 Å². The first-order valence-corrected chi connectivity index (χ1v) is 20.4. The summed E-state index contributed by atoms with van der Waals surface area (Å²) in [6.45, 7) is 4.16. The van der Waals surface area contributed by atoms with E-state index in [4.69, 9.17) is 9.72 Å². The van der Waals surface area contributed by atoms with Gasteiger partial charge in [0.2, 0.25) is 5.91 Å². The number of urea groups is 1. The molecule has 15 heteroatoms. The van der Waals surface area contributed by atoms with Gasteiger partial charge in [-0.25, -0.2) is 22.9 Å². The van der Waals surface area contributed by atoms with Gasteiger partial charge in [-0.3, -0.25) is 19.3 Å². The molecular formula is C43H52F3N7O5. The molecule has 2 aromatic carbocycles. The molecule has 4 atom stereocenters. The van der Waals surface area contributed by atoms with Crippen molar-refractivity contribution in [2.45, 2.75) is 70.2 Å². The van der Waals surface area contributed by atoms with Gasteiger partial charge in [0.05, 0.1) is 11.7 Å². The molecule has 0 spiro atoms. The number of ether oxygens (including phenoxy) is 1. The van der Waals surface area contributed by atoms with E-state index in [0.717, 1.165) is 23.8 Å². The minimum Gasteiger partial charge on any atom is -0.381 e. The van der Waals surface area contributed by atoms with Gasteiger partial charge in [-0.15, -0.1) is 0 Å². The van der Waals surface area contributed by atoms with Crippen LogP contribution in [0, 0.1) is 35.3 Å². The lowest BCUT2D eigenvalue weighted by Crippen LogP contribution is -2.53. The average Bonchev–Trinajstić information content (AvgIpc) is 3.93. The van der Waals surface area contributed by atoms with Gasteiger partial charge in [0.15, 0.2) is 0 Å². The van der Waals surface area contributed by atoms with Crippen LogP contribution in [0.5, 0.6) is 0 Å². The Morgan fingerprint density at radius 3 is 2.40 bits per heavy atom. The monoisotopic (exact) mass is 803 g/mol. The Bertz CT molecular complexity index is 1950. The molecule has 2 saturated heterocycles. The zero-order valence-electron chi connectivity index (χ0n) is 32.8. The second-order valence-electron chi connectivity index (χ2n) is 16.1. The SMILES string of the molecule is CC(CNC(=O)C1CCC(CN2C(=O)C=CC2=O)CC1)NC(=O)N(CC1CNCC1F)C(c1nc(-c2cc(F)ccc2F)cn1Cc1ccccc1)C1CCOCC1. The number of imidazole rings is 1. The number of nitrogens with zero attached hydrogens (tertiary/aromatic N) is 4. The molecule has 3 aliphatic heterocycles. The van der Waals surface area contributed by atoms with Crippen molar-refractivity contribution < 1.29 is 37.1 Å². The van der Waals surface area contributed by atoms with Crippen LogP contribution < -0.4 is 16.0 Å². The summed E-state index contributed by atoms with van der Waals surface area (Å²) in [4.78, 5) is 59.9. The summed E-state index contributed by atoms with van der Waals surface area (Å²) in [5.41, 5.74) is 1.14. The molecule has 3 fully saturated rings.